The monoisotopic (exact) mass is 290 g/mol. The maximum Gasteiger partial charge on any atom is 0.146 e. The standard InChI is InChI=1S/C16H23FN4/c1-4-13(5-2)21-10-8-12(20-21)11-15(18-3)16-14(17)7-6-9-19-16/h6-10,13,15,18H,4-5,11H2,1-3H3. The highest BCUT2D eigenvalue weighted by Crippen LogP contribution is 2.20. The van der Waals surface area contributed by atoms with Crippen molar-refractivity contribution in [2.75, 3.05) is 7.05 Å². The molecule has 0 amide bonds. The zero-order chi connectivity index (χ0) is 15.2. The van der Waals surface area contributed by atoms with E-state index in [9.17, 15) is 4.39 Å². The predicted molar refractivity (Wildman–Crippen MR) is 81.5 cm³/mol. The first-order chi connectivity index (χ1) is 10.2. The van der Waals surface area contributed by atoms with Crippen LogP contribution in [-0.4, -0.2) is 21.8 Å². The molecule has 0 fully saturated rings. The molecule has 0 saturated carbocycles. The zero-order valence-electron chi connectivity index (χ0n) is 12.9. The van der Waals surface area contributed by atoms with Crippen LogP contribution >= 0.6 is 0 Å². The predicted octanol–water partition coefficient (Wildman–Crippen LogP) is 3.28. The van der Waals surface area contributed by atoms with Crippen molar-refractivity contribution in [2.45, 2.75) is 45.2 Å². The molecule has 1 N–H and O–H groups in total. The van der Waals surface area contributed by atoms with Crippen molar-refractivity contribution in [3.63, 3.8) is 0 Å². The van der Waals surface area contributed by atoms with Crippen molar-refractivity contribution in [2.24, 2.45) is 0 Å². The highest BCUT2D eigenvalue weighted by atomic mass is 19.1. The lowest BCUT2D eigenvalue weighted by atomic mass is 10.1. The maximum atomic E-state index is 13.8. The fraction of sp³-hybridized carbons (Fsp3) is 0.500. The van der Waals surface area contributed by atoms with Crippen molar-refractivity contribution >= 4 is 0 Å². The summed E-state index contributed by atoms with van der Waals surface area (Å²) in [7, 11) is 1.82. The Labute approximate surface area is 125 Å². The van der Waals surface area contributed by atoms with E-state index in [2.05, 4.69) is 29.2 Å². The number of hydrogen-bond donors (Lipinski definition) is 1. The molecule has 0 aliphatic carbocycles. The van der Waals surface area contributed by atoms with Gasteiger partial charge in [-0.2, -0.15) is 5.10 Å². The van der Waals surface area contributed by atoms with Crippen LogP contribution in [0.4, 0.5) is 4.39 Å². The van der Waals surface area contributed by atoms with Crippen LogP contribution in [0.5, 0.6) is 0 Å². The number of likely N-dealkylation sites (N-methyl/N-ethyl adjacent to an activating group) is 1. The van der Waals surface area contributed by atoms with Crippen LogP contribution in [-0.2, 0) is 6.42 Å². The van der Waals surface area contributed by atoms with Gasteiger partial charge in [0.15, 0.2) is 0 Å². The van der Waals surface area contributed by atoms with Crippen molar-refractivity contribution in [3.05, 3.63) is 47.8 Å². The summed E-state index contributed by atoms with van der Waals surface area (Å²) in [5, 5.41) is 7.74. The fourth-order valence-corrected chi connectivity index (χ4v) is 2.55. The molecule has 0 aromatic carbocycles. The molecule has 2 aromatic heterocycles. The molecule has 0 aliphatic rings. The minimum atomic E-state index is -0.281. The minimum Gasteiger partial charge on any atom is -0.311 e. The normalized spacial score (nSPS) is 12.8. The van der Waals surface area contributed by atoms with E-state index in [0.717, 1.165) is 18.5 Å². The molecule has 114 valence electrons. The van der Waals surface area contributed by atoms with Gasteiger partial charge in [0.05, 0.1) is 23.5 Å². The molecular weight excluding hydrogens is 267 g/mol. The Bertz CT molecular complexity index is 563. The first kappa shape index (κ1) is 15.6. The van der Waals surface area contributed by atoms with E-state index in [1.807, 2.05) is 24.0 Å². The van der Waals surface area contributed by atoms with Gasteiger partial charge < -0.3 is 5.32 Å². The van der Waals surface area contributed by atoms with Gasteiger partial charge in [0, 0.05) is 18.8 Å². The third kappa shape index (κ3) is 3.67. The van der Waals surface area contributed by atoms with Crippen LogP contribution in [0.25, 0.3) is 0 Å². The van der Waals surface area contributed by atoms with Crippen LogP contribution in [0.3, 0.4) is 0 Å². The molecule has 21 heavy (non-hydrogen) atoms. The van der Waals surface area contributed by atoms with Crippen LogP contribution in [0.1, 0.15) is 50.2 Å². The van der Waals surface area contributed by atoms with Gasteiger partial charge in [-0.1, -0.05) is 13.8 Å². The highest BCUT2D eigenvalue weighted by molar-refractivity contribution is 5.15. The van der Waals surface area contributed by atoms with Gasteiger partial charge in [-0.15, -0.1) is 0 Å². The first-order valence-electron chi connectivity index (χ1n) is 7.51. The quantitative estimate of drug-likeness (QED) is 0.851. The summed E-state index contributed by atoms with van der Waals surface area (Å²) in [6, 6.07) is 5.31. The number of rotatable bonds is 7. The summed E-state index contributed by atoms with van der Waals surface area (Å²) in [6.45, 7) is 4.32. The maximum absolute atomic E-state index is 13.8. The van der Waals surface area contributed by atoms with Gasteiger partial charge in [-0.3, -0.25) is 9.67 Å². The van der Waals surface area contributed by atoms with Crippen LogP contribution in [0.2, 0.25) is 0 Å². The number of pyridine rings is 1. The van der Waals surface area contributed by atoms with Gasteiger partial charge >= 0.3 is 0 Å². The van der Waals surface area contributed by atoms with Gasteiger partial charge in [-0.25, -0.2) is 4.39 Å². The zero-order valence-corrected chi connectivity index (χ0v) is 12.9. The van der Waals surface area contributed by atoms with Gasteiger partial charge in [-0.05, 0) is 38.1 Å². The molecule has 0 aliphatic heterocycles. The van der Waals surface area contributed by atoms with Crippen LogP contribution in [0, 0.1) is 5.82 Å². The van der Waals surface area contributed by atoms with E-state index in [-0.39, 0.29) is 11.9 Å². The van der Waals surface area contributed by atoms with Crippen molar-refractivity contribution in [1.82, 2.24) is 20.1 Å². The lowest BCUT2D eigenvalue weighted by Crippen LogP contribution is -2.21. The lowest BCUT2D eigenvalue weighted by molar-refractivity contribution is 0.422. The second-order valence-corrected chi connectivity index (χ2v) is 5.17. The highest BCUT2D eigenvalue weighted by Gasteiger charge is 2.17. The Morgan fingerprint density at radius 2 is 2.05 bits per heavy atom. The van der Waals surface area contributed by atoms with E-state index >= 15 is 0 Å². The second kappa shape index (κ2) is 7.31. The first-order valence-corrected chi connectivity index (χ1v) is 7.51. The van der Waals surface area contributed by atoms with Crippen molar-refractivity contribution in [3.8, 4) is 0 Å². The van der Waals surface area contributed by atoms with E-state index in [4.69, 9.17) is 0 Å². The number of aromatic nitrogens is 3. The van der Waals surface area contributed by atoms with E-state index < -0.39 is 0 Å². The van der Waals surface area contributed by atoms with Crippen molar-refractivity contribution in [1.29, 1.82) is 0 Å². The van der Waals surface area contributed by atoms with Gasteiger partial charge in [0.1, 0.15) is 5.82 Å². The third-order valence-corrected chi connectivity index (χ3v) is 3.86. The average Bonchev–Trinajstić information content (AvgIpc) is 2.95. The summed E-state index contributed by atoms with van der Waals surface area (Å²) in [6.07, 6.45) is 6.36. The molecule has 0 saturated heterocycles. The summed E-state index contributed by atoms with van der Waals surface area (Å²) in [4.78, 5) is 4.15. The van der Waals surface area contributed by atoms with Gasteiger partial charge in [0.2, 0.25) is 0 Å². The molecular formula is C16H23FN4. The Kier molecular flexibility index (Phi) is 5.44. The lowest BCUT2D eigenvalue weighted by Gasteiger charge is -2.15. The Balaban J connectivity index is 2.14. The summed E-state index contributed by atoms with van der Waals surface area (Å²) >= 11 is 0. The fourth-order valence-electron chi connectivity index (χ4n) is 2.55. The Hall–Kier alpha value is -1.75. The second-order valence-electron chi connectivity index (χ2n) is 5.17. The van der Waals surface area contributed by atoms with E-state index in [1.54, 1.807) is 12.3 Å². The SMILES string of the molecule is CCC(CC)n1ccc(CC(NC)c2ncccc2F)n1. The number of hydrogen-bond acceptors (Lipinski definition) is 3. The third-order valence-electron chi connectivity index (χ3n) is 3.86. The van der Waals surface area contributed by atoms with E-state index in [0.29, 0.717) is 18.2 Å². The number of nitrogens with zero attached hydrogens (tertiary/aromatic N) is 3. The Morgan fingerprint density at radius 3 is 2.67 bits per heavy atom. The Morgan fingerprint density at radius 1 is 1.29 bits per heavy atom. The molecule has 2 aromatic rings. The smallest absolute Gasteiger partial charge is 0.146 e. The number of halogens is 1. The molecule has 5 heteroatoms. The van der Waals surface area contributed by atoms with Crippen molar-refractivity contribution < 1.29 is 4.39 Å². The average molecular weight is 290 g/mol. The molecule has 1 atom stereocenters. The van der Waals surface area contributed by atoms with Gasteiger partial charge in [0.25, 0.3) is 0 Å². The summed E-state index contributed by atoms with van der Waals surface area (Å²) in [5.74, 6) is -0.281. The van der Waals surface area contributed by atoms with E-state index in [1.165, 1.54) is 6.07 Å². The topological polar surface area (TPSA) is 42.7 Å². The summed E-state index contributed by atoms with van der Waals surface area (Å²) < 4.78 is 15.9. The molecule has 1 unspecified atom stereocenters. The molecule has 4 nitrogen and oxygen atoms in total. The molecule has 0 radical (unpaired) electrons. The van der Waals surface area contributed by atoms with Crippen LogP contribution < -0.4 is 5.32 Å². The minimum absolute atomic E-state index is 0.170. The number of nitrogens with one attached hydrogen (secondary N) is 1. The largest absolute Gasteiger partial charge is 0.311 e. The molecule has 0 bridgehead atoms. The molecule has 2 heterocycles. The molecule has 0 spiro atoms. The summed E-state index contributed by atoms with van der Waals surface area (Å²) in [5.41, 5.74) is 1.39. The van der Waals surface area contributed by atoms with Crippen LogP contribution in [0.15, 0.2) is 30.6 Å². The molecule has 2 rings (SSSR count).